The molecule has 0 spiro atoms. The van der Waals surface area contributed by atoms with Gasteiger partial charge in [-0.15, -0.1) is 0 Å². The van der Waals surface area contributed by atoms with Gasteiger partial charge in [0, 0.05) is 17.4 Å². The van der Waals surface area contributed by atoms with Crippen molar-refractivity contribution in [1.29, 1.82) is 0 Å². The normalized spacial score (nSPS) is 15.3. The van der Waals surface area contributed by atoms with Gasteiger partial charge in [-0.3, -0.25) is 0 Å². The van der Waals surface area contributed by atoms with Crippen molar-refractivity contribution in [1.82, 2.24) is 0 Å². The van der Waals surface area contributed by atoms with Crippen molar-refractivity contribution in [2.24, 2.45) is 0 Å². The predicted octanol–water partition coefficient (Wildman–Crippen LogP) is 5.22. The molecule has 114 valence electrons. The molecule has 3 rings (SSSR count). The van der Waals surface area contributed by atoms with Gasteiger partial charge in [-0.05, 0) is 49.3 Å². The fourth-order valence-corrected chi connectivity index (χ4v) is 3.50. The Bertz CT molecular complexity index is 591. The lowest BCUT2D eigenvalue weighted by atomic mass is 9.94. The first-order chi connectivity index (χ1) is 10.8. The zero-order chi connectivity index (χ0) is 15.2. The molecule has 0 heterocycles. The van der Waals surface area contributed by atoms with Crippen LogP contribution in [0.1, 0.15) is 32.1 Å². The first-order valence-corrected chi connectivity index (χ1v) is 8.46. The van der Waals surface area contributed by atoms with Gasteiger partial charge in [-0.25, -0.2) is 0 Å². The molecule has 0 aromatic heterocycles. The molecule has 1 fully saturated rings. The highest BCUT2D eigenvalue weighted by Gasteiger charge is 2.24. The highest BCUT2D eigenvalue weighted by atomic mass is 32.1. The number of para-hydroxylation sites is 2. The molecule has 22 heavy (non-hydrogen) atoms. The molecule has 0 saturated heterocycles. The van der Waals surface area contributed by atoms with Gasteiger partial charge >= 0.3 is 0 Å². The lowest BCUT2D eigenvalue weighted by Gasteiger charge is -2.36. The highest BCUT2D eigenvalue weighted by molar-refractivity contribution is 7.80. The second kappa shape index (κ2) is 7.41. The first kappa shape index (κ1) is 15.0. The van der Waals surface area contributed by atoms with Crippen LogP contribution in [0.25, 0.3) is 0 Å². The van der Waals surface area contributed by atoms with E-state index in [-0.39, 0.29) is 0 Å². The molecule has 0 aliphatic heterocycles. The molecule has 2 aromatic carbocycles. The summed E-state index contributed by atoms with van der Waals surface area (Å²) in [4.78, 5) is 2.31. The third kappa shape index (κ3) is 3.66. The average molecular weight is 310 g/mol. The van der Waals surface area contributed by atoms with Crippen LogP contribution in [-0.2, 0) is 0 Å². The van der Waals surface area contributed by atoms with Crippen molar-refractivity contribution < 1.29 is 0 Å². The van der Waals surface area contributed by atoms with Crippen LogP contribution in [0.5, 0.6) is 0 Å². The molecule has 0 unspecified atom stereocenters. The Hall–Kier alpha value is -1.87. The Morgan fingerprint density at radius 3 is 2.09 bits per heavy atom. The van der Waals surface area contributed by atoms with Crippen LogP contribution in [0, 0.1) is 0 Å². The molecule has 0 bridgehead atoms. The van der Waals surface area contributed by atoms with Crippen molar-refractivity contribution in [2.75, 3.05) is 10.2 Å². The molecule has 0 amide bonds. The molecule has 2 nitrogen and oxygen atoms in total. The SMILES string of the molecule is S=C(Nc1ccccc1)N(c1ccccc1)C1CCCCC1. The molecule has 0 atom stereocenters. The third-order valence-corrected chi connectivity index (χ3v) is 4.52. The minimum absolute atomic E-state index is 0.500. The second-order valence-electron chi connectivity index (χ2n) is 5.79. The molecule has 1 aliphatic carbocycles. The van der Waals surface area contributed by atoms with Gasteiger partial charge in [0.1, 0.15) is 0 Å². The summed E-state index contributed by atoms with van der Waals surface area (Å²) < 4.78 is 0. The van der Waals surface area contributed by atoms with E-state index in [4.69, 9.17) is 12.2 Å². The fraction of sp³-hybridized carbons (Fsp3) is 0.316. The molecule has 1 N–H and O–H groups in total. The van der Waals surface area contributed by atoms with Crippen molar-refractivity contribution in [3.63, 3.8) is 0 Å². The van der Waals surface area contributed by atoms with Gasteiger partial charge in [-0.1, -0.05) is 55.7 Å². The first-order valence-electron chi connectivity index (χ1n) is 8.05. The van der Waals surface area contributed by atoms with Crippen LogP contribution in [0.2, 0.25) is 0 Å². The van der Waals surface area contributed by atoms with E-state index in [9.17, 15) is 0 Å². The van der Waals surface area contributed by atoms with E-state index >= 15 is 0 Å². The Balaban J connectivity index is 1.82. The maximum Gasteiger partial charge on any atom is 0.178 e. The zero-order valence-corrected chi connectivity index (χ0v) is 13.6. The van der Waals surface area contributed by atoms with Crippen LogP contribution in [0.3, 0.4) is 0 Å². The number of hydrogen-bond donors (Lipinski definition) is 1. The number of nitrogens with one attached hydrogen (secondary N) is 1. The predicted molar refractivity (Wildman–Crippen MR) is 98.5 cm³/mol. The van der Waals surface area contributed by atoms with Crippen LogP contribution in [0.15, 0.2) is 60.7 Å². The smallest absolute Gasteiger partial charge is 0.178 e. The monoisotopic (exact) mass is 310 g/mol. The van der Waals surface area contributed by atoms with E-state index in [1.54, 1.807) is 0 Å². The molecular formula is C19H22N2S. The van der Waals surface area contributed by atoms with E-state index in [0.29, 0.717) is 6.04 Å². The van der Waals surface area contributed by atoms with Crippen LogP contribution >= 0.6 is 12.2 Å². The third-order valence-electron chi connectivity index (χ3n) is 4.22. The Morgan fingerprint density at radius 2 is 1.45 bits per heavy atom. The van der Waals surface area contributed by atoms with Gasteiger partial charge in [0.2, 0.25) is 0 Å². The molecule has 1 saturated carbocycles. The quantitative estimate of drug-likeness (QED) is 0.782. The molecule has 3 heteroatoms. The second-order valence-corrected chi connectivity index (χ2v) is 6.18. The van der Waals surface area contributed by atoms with E-state index in [0.717, 1.165) is 10.8 Å². The summed E-state index contributed by atoms with van der Waals surface area (Å²) >= 11 is 5.74. The topological polar surface area (TPSA) is 15.3 Å². The Labute approximate surface area is 138 Å². The molecule has 0 radical (unpaired) electrons. The minimum Gasteiger partial charge on any atom is -0.332 e. The van der Waals surface area contributed by atoms with Gasteiger partial charge in [0.25, 0.3) is 0 Å². The van der Waals surface area contributed by atoms with Gasteiger partial charge in [0.05, 0.1) is 0 Å². The van der Waals surface area contributed by atoms with Crippen LogP contribution in [-0.4, -0.2) is 11.2 Å². The molecule has 2 aromatic rings. The Kier molecular flexibility index (Phi) is 5.07. The van der Waals surface area contributed by atoms with Crippen LogP contribution < -0.4 is 10.2 Å². The van der Waals surface area contributed by atoms with Crippen molar-refractivity contribution >= 4 is 28.7 Å². The number of thiocarbonyl (C=S) groups is 1. The van der Waals surface area contributed by atoms with Gasteiger partial charge in [-0.2, -0.15) is 0 Å². The summed E-state index contributed by atoms with van der Waals surface area (Å²) in [5.41, 5.74) is 2.23. The van der Waals surface area contributed by atoms with Crippen LogP contribution in [0.4, 0.5) is 11.4 Å². The lowest BCUT2D eigenvalue weighted by molar-refractivity contribution is 0.441. The minimum atomic E-state index is 0.500. The van der Waals surface area contributed by atoms with E-state index < -0.39 is 0 Å². The van der Waals surface area contributed by atoms with Crippen molar-refractivity contribution in [2.45, 2.75) is 38.1 Å². The summed E-state index contributed by atoms with van der Waals surface area (Å²) in [7, 11) is 0. The number of rotatable bonds is 3. The van der Waals surface area contributed by atoms with E-state index in [1.807, 2.05) is 18.2 Å². The lowest BCUT2D eigenvalue weighted by Crippen LogP contribution is -2.44. The number of anilines is 2. The summed E-state index contributed by atoms with van der Waals surface area (Å²) in [6, 6.07) is 21.2. The maximum absolute atomic E-state index is 5.74. The summed E-state index contributed by atoms with van der Waals surface area (Å²) in [6.45, 7) is 0. The zero-order valence-electron chi connectivity index (χ0n) is 12.7. The van der Waals surface area contributed by atoms with Gasteiger partial charge in [0.15, 0.2) is 5.11 Å². The summed E-state index contributed by atoms with van der Waals surface area (Å²) in [5, 5.41) is 4.19. The maximum atomic E-state index is 5.74. The molecular weight excluding hydrogens is 288 g/mol. The highest BCUT2D eigenvalue weighted by Crippen LogP contribution is 2.28. The fourth-order valence-electron chi connectivity index (χ4n) is 3.13. The summed E-state index contributed by atoms with van der Waals surface area (Å²) in [6.07, 6.45) is 6.36. The average Bonchev–Trinajstić information content (AvgIpc) is 2.58. The molecule has 1 aliphatic rings. The van der Waals surface area contributed by atoms with Crippen molar-refractivity contribution in [3.05, 3.63) is 60.7 Å². The van der Waals surface area contributed by atoms with E-state index in [2.05, 4.69) is 52.7 Å². The number of nitrogens with zero attached hydrogens (tertiary/aromatic N) is 1. The van der Waals surface area contributed by atoms with Crippen molar-refractivity contribution in [3.8, 4) is 0 Å². The standard InChI is InChI=1S/C19H22N2S/c22-19(20-16-10-4-1-5-11-16)21(17-12-6-2-7-13-17)18-14-8-3-9-15-18/h1-2,4-7,10-13,18H,3,8-9,14-15H2,(H,20,22). The number of hydrogen-bond acceptors (Lipinski definition) is 1. The van der Waals surface area contributed by atoms with E-state index in [1.165, 1.54) is 37.8 Å². The Morgan fingerprint density at radius 1 is 0.864 bits per heavy atom. The van der Waals surface area contributed by atoms with Gasteiger partial charge < -0.3 is 10.2 Å². The number of benzene rings is 2. The largest absolute Gasteiger partial charge is 0.332 e. The summed E-state index contributed by atoms with van der Waals surface area (Å²) in [5.74, 6) is 0.